The quantitative estimate of drug-likeness (QED) is 0.175. The van der Waals surface area contributed by atoms with Crippen molar-refractivity contribution in [3.05, 3.63) is 100 Å². The molecule has 1 fully saturated rings. The summed E-state index contributed by atoms with van der Waals surface area (Å²) in [5, 5.41) is 9.21. The fourth-order valence-corrected chi connectivity index (χ4v) is 6.29. The number of rotatable bonds is 9. The Balaban J connectivity index is 1.23. The van der Waals surface area contributed by atoms with Gasteiger partial charge in [0.25, 0.3) is 11.8 Å². The Hall–Kier alpha value is -4.14. The molecule has 1 saturated heterocycles. The van der Waals surface area contributed by atoms with Crippen LogP contribution in [0.3, 0.4) is 0 Å². The number of piperidine rings is 1. The molecule has 228 valence electrons. The van der Waals surface area contributed by atoms with Gasteiger partial charge < -0.3 is 4.90 Å². The Morgan fingerprint density at radius 3 is 2.30 bits per heavy atom. The summed E-state index contributed by atoms with van der Waals surface area (Å²) in [5.74, 6) is -0.314. The van der Waals surface area contributed by atoms with Crippen LogP contribution in [0.1, 0.15) is 33.6 Å². The first-order valence-electron chi connectivity index (χ1n) is 13.5. The third-order valence-electron chi connectivity index (χ3n) is 7.11. The standard InChI is InChI=1S/C29H27Cl2N7O5S/c30-21-4-6-22(7-5-21)38(26-3-1-2-12-32-26)28(40)24-9-8-23(15-25(24)31)44(42,43)35-16-19-10-13-37(14-11-19)29-33-17-20(18-34-29)27(39)36-41/h1-9,12,15,17-19,35,41H,10-11,13-14,16H2,(H,36,39). The van der Waals surface area contributed by atoms with Crippen LogP contribution in [0.25, 0.3) is 0 Å². The van der Waals surface area contributed by atoms with Gasteiger partial charge in [-0.1, -0.05) is 29.3 Å². The molecule has 0 bridgehead atoms. The second-order valence-electron chi connectivity index (χ2n) is 9.94. The van der Waals surface area contributed by atoms with Crippen LogP contribution >= 0.6 is 23.2 Å². The lowest BCUT2D eigenvalue weighted by Gasteiger charge is -2.32. The summed E-state index contributed by atoms with van der Waals surface area (Å²) in [6.07, 6.45) is 5.59. The van der Waals surface area contributed by atoms with Gasteiger partial charge in [0, 0.05) is 43.2 Å². The van der Waals surface area contributed by atoms with E-state index in [2.05, 4.69) is 19.7 Å². The molecule has 2 aromatic heterocycles. The van der Waals surface area contributed by atoms with Crippen LogP contribution in [0.4, 0.5) is 17.5 Å². The molecule has 1 aliphatic rings. The van der Waals surface area contributed by atoms with E-state index in [-0.39, 0.29) is 33.5 Å². The van der Waals surface area contributed by atoms with Gasteiger partial charge in [-0.3, -0.25) is 19.7 Å². The molecule has 4 aromatic rings. The first kappa shape index (κ1) is 31.3. The van der Waals surface area contributed by atoms with Gasteiger partial charge in [-0.25, -0.2) is 33.6 Å². The Bertz CT molecular complexity index is 1740. The second-order valence-corrected chi connectivity index (χ2v) is 12.6. The lowest BCUT2D eigenvalue weighted by Crippen LogP contribution is -2.39. The number of hydroxylamine groups is 1. The van der Waals surface area contributed by atoms with Gasteiger partial charge in [-0.2, -0.15) is 0 Å². The number of anilines is 3. The van der Waals surface area contributed by atoms with E-state index in [1.165, 1.54) is 41.0 Å². The fourth-order valence-electron chi connectivity index (χ4n) is 4.70. The Kier molecular flexibility index (Phi) is 9.71. The highest BCUT2D eigenvalue weighted by Gasteiger charge is 2.26. The van der Waals surface area contributed by atoms with Gasteiger partial charge in [-0.15, -0.1) is 0 Å². The van der Waals surface area contributed by atoms with Gasteiger partial charge in [0.05, 0.1) is 26.7 Å². The van der Waals surface area contributed by atoms with Gasteiger partial charge in [-0.05, 0) is 73.4 Å². The van der Waals surface area contributed by atoms with Crippen molar-refractivity contribution in [2.24, 2.45) is 5.92 Å². The van der Waals surface area contributed by atoms with Crippen molar-refractivity contribution < 1.29 is 23.2 Å². The van der Waals surface area contributed by atoms with Crippen molar-refractivity contribution in [3.63, 3.8) is 0 Å². The predicted octanol–water partition coefficient (Wildman–Crippen LogP) is 4.47. The van der Waals surface area contributed by atoms with E-state index in [4.69, 9.17) is 28.4 Å². The Morgan fingerprint density at radius 1 is 0.977 bits per heavy atom. The van der Waals surface area contributed by atoms with E-state index in [0.29, 0.717) is 48.4 Å². The lowest BCUT2D eigenvalue weighted by atomic mass is 9.97. The van der Waals surface area contributed by atoms with Gasteiger partial charge in [0.2, 0.25) is 16.0 Å². The van der Waals surface area contributed by atoms with E-state index in [1.807, 2.05) is 4.90 Å². The second kappa shape index (κ2) is 13.7. The van der Waals surface area contributed by atoms with Crippen molar-refractivity contribution in [2.75, 3.05) is 29.4 Å². The predicted molar refractivity (Wildman–Crippen MR) is 165 cm³/mol. The van der Waals surface area contributed by atoms with E-state index in [1.54, 1.807) is 48.7 Å². The van der Waals surface area contributed by atoms with Crippen LogP contribution < -0.4 is 20.0 Å². The molecule has 12 nitrogen and oxygen atoms in total. The maximum Gasteiger partial charge on any atom is 0.277 e. The fraction of sp³-hybridized carbons (Fsp3) is 0.207. The summed E-state index contributed by atoms with van der Waals surface area (Å²) >= 11 is 12.5. The molecule has 0 unspecified atom stereocenters. The largest absolute Gasteiger partial charge is 0.341 e. The molecule has 0 aliphatic carbocycles. The highest BCUT2D eigenvalue weighted by molar-refractivity contribution is 7.89. The van der Waals surface area contributed by atoms with Crippen molar-refractivity contribution in [3.8, 4) is 0 Å². The molecule has 2 amide bonds. The van der Waals surface area contributed by atoms with Crippen LogP contribution in [0.2, 0.25) is 10.0 Å². The van der Waals surface area contributed by atoms with Crippen molar-refractivity contribution in [1.29, 1.82) is 0 Å². The Morgan fingerprint density at radius 2 is 1.68 bits per heavy atom. The minimum absolute atomic E-state index is 0.0245. The van der Waals surface area contributed by atoms with Crippen LogP contribution in [0, 0.1) is 5.92 Å². The highest BCUT2D eigenvalue weighted by Crippen LogP contribution is 2.30. The molecule has 15 heteroatoms. The average molecular weight is 657 g/mol. The SMILES string of the molecule is O=C(NO)c1cnc(N2CCC(CNS(=O)(=O)c3ccc(C(=O)N(c4ccc(Cl)cc4)c4ccccn4)c(Cl)c3)CC2)nc1. The van der Waals surface area contributed by atoms with Crippen molar-refractivity contribution in [1.82, 2.24) is 25.2 Å². The number of halogens is 2. The molecule has 0 atom stereocenters. The number of hydrogen-bond acceptors (Lipinski definition) is 9. The minimum atomic E-state index is -3.92. The van der Waals surface area contributed by atoms with E-state index in [9.17, 15) is 18.0 Å². The normalized spacial score (nSPS) is 13.8. The van der Waals surface area contributed by atoms with E-state index in [0.717, 1.165) is 0 Å². The Labute approximate surface area is 263 Å². The van der Waals surface area contributed by atoms with Gasteiger partial charge in [0.1, 0.15) is 5.82 Å². The molecule has 5 rings (SSSR count). The summed E-state index contributed by atoms with van der Waals surface area (Å²) in [6, 6.07) is 15.8. The summed E-state index contributed by atoms with van der Waals surface area (Å²) in [5.41, 5.74) is 2.28. The lowest BCUT2D eigenvalue weighted by molar-refractivity contribution is 0.0705. The summed E-state index contributed by atoms with van der Waals surface area (Å²) < 4.78 is 29.0. The minimum Gasteiger partial charge on any atom is -0.341 e. The molecule has 1 aliphatic heterocycles. The van der Waals surface area contributed by atoms with Crippen LogP contribution in [-0.2, 0) is 10.0 Å². The number of nitrogens with one attached hydrogen (secondary N) is 2. The number of nitrogens with zero attached hydrogens (tertiary/aromatic N) is 5. The van der Waals surface area contributed by atoms with Crippen molar-refractivity contribution in [2.45, 2.75) is 17.7 Å². The van der Waals surface area contributed by atoms with Gasteiger partial charge >= 0.3 is 0 Å². The maximum atomic E-state index is 13.7. The first-order valence-corrected chi connectivity index (χ1v) is 15.7. The molecule has 0 spiro atoms. The summed E-state index contributed by atoms with van der Waals surface area (Å²) in [4.78, 5) is 41.1. The number of sulfonamides is 1. The smallest absolute Gasteiger partial charge is 0.277 e. The zero-order valence-electron chi connectivity index (χ0n) is 23.1. The topological polar surface area (TPSA) is 158 Å². The zero-order chi connectivity index (χ0) is 31.3. The maximum absolute atomic E-state index is 13.7. The monoisotopic (exact) mass is 655 g/mol. The third kappa shape index (κ3) is 7.14. The van der Waals surface area contributed by atoms with Gasteiger partial charge in [0.15, 0.2) is 0 Å². The summed E-state index contributed by atoms with van der Waals surface area (Å²) in [6.45, 7) is 1.41. The highest BCUT2D eigenvalue weighted by atomic mass is 35.5. The number of carbonyl (C=O) groups excluding carboxylic acids is 2. The molecule has 44 heavy (non-hydrogen) atoms. The zero-order valence-corrected chi connectivity index (χ0v) is 25.4. The number of hydrogen-bond donors (Lipinski definition) is 3. The van der Waals surface area contributed by atoms with Crippen molar-refractivity contribution >= 4 is 62.5 Å². The number of pyridine rings is 1. The van der Waals surface area contributed by atoms with E-state index < -0.39 is 21.8 Å². The molecule has 3 N–H and O–H groups in total. The molecule has 0 saturated carbocycles. The van der Waals surface area contributed by atoms with Crippen LogP contribution in [0.5, 0.6) is 0 Å². The van der Waals surface area contributed by atoms with E-state index >= 15 is 0 Å². The number of amides is 2. The van der Waals surface area contributed by atoms with Crippen LogP contribution in [-0.4, -0.2) is 60.0 Å². The first-order chi connectivity index (χ1) is 21.2. The molecule has 2 aromatic carbocycles. The third-order valence-corrected chi connectivity index (χ3v) is 9.09. The summed E-state index contributed by atoms with van der Waals surface area (Å²) in [7, 11) is -3.92. The molecule has 0 radical (unpaired) electrons. The number of carbonyl (C=O) groups is 2. The molecule has 3 heterocycles. The molecular weight excluding hydrogens is 629 g/mol. The molecular formula is C29H27Cl2N7O5S. The number of benzene rings is 2. The van der Waals surface area contributed by atoms with Crippen LogP contribution in [0.15, 0.2) is 84.1 Å². The number of aromatic nitrogens is 3. The average Bonchev–Trinajstić information content (AvgIpc) is 3.05.